The number of nitrogens with zero attached hydrogens (tertiary/aromatic N) is 1. The molecule has 0 spiro atoms. The van der Waals surface area contributed by atoms with E-state index in [1.165, 1.54) is 6.92 Å². The van der Waals surface area contributed by atoms with Crippen LogP contribution in [0.15, 0.2) is 46.8 Å². The fourth-order valence-electron chi connectivity index (χ4n) is 5.03. The second kappa shape index (κ2) is 6.93. The molecule has 4 rings (SSSR count). The minimum Gasteiger partial charge on any atom is -0.326 e. The topological polar surface area (TPSA) is 66.5 Å². The first kappa shape index (κ1) is 20.6. The van der Waals surface area contributed by atoms with Gasteiger partial charge < -0.3 is 10.2 Å². The lowest BCUT2D eigenvalue weighted by Crippen LogP contribution is -2.41. The highest BCUT2D eigenvalue weighted by atomic mass is 16.1. The van der Waals surface area contributed by atoms with Gasteiger partial charge in [0.05, 0.1) is 0 Å². The van der Waals surface area contributed by atoms with Gasteiger partial charge in [0.2, 0.25) is 5.91 Å². The first-order valence-electron chi connectivity index (χ1n) is 10.6. The number of nitrogens with one attached hydrogen (secondary N) is 1. The lowest BCUT2D eigenvalue weighted by atomic mass is 9.68. The second-order valence-electron chi connectivity index (χ2n) is 10.5. The van der Waals surface area contributed by atoms with Crippen molar-refractivity contribution in [2.24, 2.45) is 10.8 Å². The van der Waals surface area contributed by atoms with Crippen molar-refractivity contribution in [3.8, 4) is 0 Å². The fourth-order valence-corrected chi connectivity index (χ4v) is 5.03. The molecule has 2 aliphatic carbocycles. The van der Waals surface area contributed by atoms with Gasteiger partial charge in [0, 0.05) is 60.1 Å². The van der Waals surface area contributed by atoms with E-state index in [1.54, 1.807) is 0 Å². The Morgan fingerprint density at radius 2 is 1.30 bits per heavy atom. The number of benzene rings is 1. The van der Waals surface area contributed by atoms with Crippen molar-refractivity contribution in [1.82, 2.24) is 0 Å². The molecule has 1 amide bonds. The van der Waals surface area contributed by atoms with Gasteiger partial charge in [-0.1, -0.05) is 27.7 Å². The molecule has 0 aromatic heterocycles. The van der Waals surface area contributed by atoms with E-state index in [0.717, 1.165) is 46.8 Å². The van der Waals surface area contributed by atoms with Crippen molar-refractivity contribution in [3.63, 3.8) is 0 Å². The van der Waals surface area contributed by atoms with E-state index >= 15 is 0 Å². The lowest BCUT2D eigenvalue weighted by Gasteiger charge is -2.46. The fraction of sp³-hybridized carbons (Fsp3) is 0.480. The third-order valence-corrected chi connectivity index (χ3v) is 6.28. The van der Waals surface area contributed by atoms with Gasteiger partial charge in [-0.25, -0.2) is 0 Å². The minimum absolute atomic E-state index is 0.115. The summed E-state index contributed by atoms with van der Waals surface area (Å²) in [5.41, 5.74) is 5.10. The summed E-state index contributed by atoms with van der Waals surface area (Å²) in [6.45, 7) is 10.0. The maximum absolute atomic E-state index is 13.0. The van der Waals surface area contributed by atoms with Crippen LogP contribution in [-0.2, 0) is 14.4 Å². The largest absolute Gasteiger partial charge is 0.326 e. The van der Waals surface area contributed by atoms with E-state index in [-0.39, 0.29) is 28.3 Å². The molecule has 0 radical (unpaired) electrons. The van der Waals surface area contributed by atoms with Crippen LogP contribution in [0.5, 0.6) is 0 Å². The Kier molecular flexibility index (Phi) is 4.75. The Bertz CT molecular complexity index is 957. The molecule has 30 heavy (non-hydrogen) atoms. The summed E-state index contributed by atoms with van der Waals surface area (Å²) in [5.74, 6) is 0.200. The van der Waals surface area contributed by atoms with Crippen molar-refractivity contribution in [2.75, 3.05) is 10.2 Å². The van der Waals surface area contributed by atoms with Crippen molar-refractivity contribution in [3.05, 3.63) is 46.8 Å². The van der Waals surface area contributed by atoms with Crippen molar-refractivity contribution >= 4 is 28.8 Å². The Hall–Kier alpha value is -2.69. The molecule has 1 aliphatic heterocycles. The number of anilines is 2. The minimum atomic E-state index is -0.116. The number of ketones is 2. The summed E-state index contributed by atoms with van der Waals surface area (Å²) in [5, 5.41) is 2.80. The number of allylic oxidation sites excluding steroid dienone is 4. The Morgan fingerprint density at radius 1 is 0.833 bits per heavy atom. The van der Waals surface area contributed by atoms with Gasteiger partial charge in [0.1, 0.15) is 0 Å². The molecule has 0 fully saturated rings. The van der Waals surface area contributed by atoms with E-state index in [0.29, 0.717) is 19.3 Å². The number of Topliss-reactive ketones (excluding diaryl/α,β-unsaturated/α-hetero) is 2. The van der Waals surface area contributed by atoms with Gasteiger partial charge in [-0.2, -0.15) is 0 Å². The predicted octanol–water partition coefficient (Wildman–Crippen LogP) is 5.14. The van der Waals surface area contributed by atoms with E-state index in [2.05, 4.69) is 37.9 Å². The third-order valence-electron chi connectivity index (χ3n) is 6.28. The van der Waals surface area contributed by atoms with Gasteiger partial charge in [-0.05, 0) is 47.9 Å². The van der Waals surface area contributed by atoms with Crippen LogP contribution in [0.4, 0.5) is 11.4 Å². The molecule has 158 valence electrons. The second-order valence-corrected chi connectivity index (χ2v) is 10.5. The molecule has 5 heteroatoms. The molecule has 0 atom stereocenters. The van der Waals surface area contributed by atoms with Gasteiger partial charge in [-0.3, -0.25) is 14.4 Å². The number of hydrogen-bond acceptors (Lipinski definition) is 4. The van der Waals surface area contributed by atoms with Crippen LogP contribution >= 0.6 is 0 Å². The molecule has 0 bridgehead atoms. The summed E-state index contributed by atoms with van der Waals surface area (Å²) in [6.07, 6.45) is 3.10. The normalized spacial score (nSPS) is 22.6. The monoisotopic (exact) mass is 406 g/mol. The lowest BCUT2D eigenvalue weighted by molar-refractivity contribution is -0.119. The maximum atomic E-state index is 13.0. The van der Waals surface area contributed by atoms with Gasteiger partial charge >= 0.3 is 0 Å². The SMILES string of the molecule is CC(=O)Nc1ccc(N2C3=C(CC4=C2CC(C)(C)CC4=O)C(=O)CC(C)(C)C3)cc1. The van der Waals surface area contributed by atoms with Crippen LogP contribution in [0.2, 0.25) is 0 Å². The number of carbonyl (C=O) groups excluding carboxylic acids is 3. The quantitative estimate of drug-likeness (QED) is 0.738. The zero-order valence-electron chi connectivity index (χ0n) is 18.5. The number of carbonyl (C=O) groups is 3. The van der Waals surface area contributed by atoms with Gasteiger partial charge in [-0.15, -0.1) is 0 Å². The maximum Gasteiger partial charge on any atom is 0.221 e. The standard InChI is InChI=1S/C25H30N2O3/c1-15(28)26-16-6-8-17(9-7-16)27-20-11-24(2,3)13-22(29)18(20)10-19-21(27)12-25(4,5)14-23(19)30/h6-9H,10-14H2,1-5H3,(H,26,28). The average molecular weight is 407 g/mol. The van der Waals surface area contributed by atoms with Crippen LogP contribution in [0.3, 0.4) is 0 Å². The van der Waals surface area contributed by atoms with Crippen LogP contribution < -0.4 is 10.2 Å². The van der Waals surface area contributed by atoms with E-state index in [4.69, 9.17) is 0 Å². The Labute approximate surface area is 178 Å². The van der Waals surface area contributed by atoms with Gasteiger partial charge in [0.25, 0.3) is 0 Å². The molecule has 5 nitrogen and oxygen atoms in total. The molecule has 0 saturated carbocycles. The number of rotatable bonds is 2. The summed E-state index contributed by atoms with van der Waals surface area (Å²) < 4.78 is 0. The van der Waals surface area contributed by atoms with Crippen molar-refractivity contribution in [1.29, 1.82) is 0 Å². The molecule has 1 aromatic carbocycles. The highest BCUT2D eigenvalue weighted by molar-refractivity contribution is 6.05. The number of hydrogen-bond donors (Lipinski definition) is 1. The summed E-state index contributed by atoms with van der Waals surface area (Å²) in [6, 6.07) is 7.67. The van der Waals surface area contributed by atoms with Crippen molar-refractivity contribution in [2.45, 2.75) is 66.7 Å². The average Bonchev–Trinajstić information content (AvgIpc) is 2.59. The first-order chi connectivity index (χ1) is 14.0. The third kappa shape index (κ3) is 3.73. The van der Waals surface area contributed by atoms with E-state index < -0.39 is 0 Å². The molecule has 1 N–H and O–H groups in total. The van der Waals surface area contributed by atoms with Crippen LogP contribution in [0, 0.1) is 10.8 Å². The first-order valence-corrected chi connectivity index (χ1v) is 10.6. The van der Waals surface area contributed by atoms with Crippen LogP contribution in [0.25, 0.3) is 0 Å². The van der Waals surface area contributed by atoms with E-state index in [1.807, 2.05) is 24.3 Å². The Morgan fingerprint density at radius 3 is 1.73 bits per heavy atom. The highest BCUT2D eigenvalue weighted by Gasteiger charge is 2.44. The zero-order valence-corrected chi connectivity index (χ0v) is 18.5. The molecular formula is C25H30N2O3. The molecule has 0 unspecified atom stereocenters. The molecular weight excluding hydrogens is 376 g/mol. The van der Waals surface area contributed by atoms with E-state index in [9.17, 15) is 14.4 Å². The van der Waals surface area contributed by atoms with Crippen LogP contribution in [0.1, 0.15) is 66.7 Å². The zero-order chi connectivity index (χ0) is 21.8. The van der Waals surface area contributed by atoms with Crippen molar-refractivity contribution < 1.29 is 14.4 Å². The van der Waals surface area contributed by atoms with Gasteiger partial charge in [0.15, 0.2) is 11.6 Å². The summed E-state index contributed by atoms with van der Waals surface area (Å²) in [4.78, 5) is 39.6. The predicted molar refractivity (Wildman–Crippen MR) is 118 cm³/mol. The smallest absolute Gasteiger partial charge is 0.221 e. The highest BCUT2D eigenvalue weighted by Crippen LogP contribution is 2.50. The molecule has 1 heterocycles. The summed E-state index contributed by atoms with van der Waals surface area (Å²) >= 11 is 0. The van der Waals surface area contributed by atoms with Crippen LogP contribution in [-0.4, -0.2) is 17.5 Å². The molecule has 0 saturated heterocycles. The number of amides is 1. The molecule has 1 aromatic rings. The molecule has 3 aliphatic rings. The summed E-state index contributed by atoms with van der Waals surface area (Å²) in [7, 11) is 0. The Balaban J connectivity index is 1.85.